The van der Waals surface area contributed by atoms with Gasteiger partial charge in [0.25, 0.3) is 0 Å². The van der Waals surface area contributed by atoms with Crippen molar-refractivity contribution in [1.29, 1.82) is 5.26 Å². The van der Waals surface area contributed by atoms with E-state index in [1.165, 1.54) is 6.07 Å². The van der Waals surface area contributed by atoms with Gasteiger partial charge in [-0.1, -0.05) is 6.07 Å². The summed E-state index contributed by atoms with van der Waals surface area (Å²) in [5.74, 6) is -0.454. The van der Waals surface area contributed by atoms with Crippen LogP contribution in [-0.2, 0) is 4.74 Å². The number of benzene rings is 1. The molecule has 1 aromatic carbocycles. The van der Waals surface area contributed by atoms with Gasteiger partial charge in [0.2, 0.25) is 0 Å². The molecular formula is C15H19ClFN3O. The lowest BCUT2D eigenvalue weighted by atomic mass is 9.96. The number of hydrogen-bond acceptors (Lipinski definition) is 4. The number of nitrogens with one attached hydrogen (secondary N) is 1. The Bertz CT molecular complexity index is 561. The van der Waals surface area contributed by atoms with Crippen LogP contribution < -0.4 is 5.32 Å². The van der Waals surface area contributed by atoms with Crippen molar-refractivity contribution < 1.29 is 9.13 Å². The molecule has 4 nitrogen and oxygen atoms in total. The van der Waals surface area contributed by atoms with Gasteiger partial charge in [0.1, 0.15) is 11.9 Å². The molecule has 6 heteroatoms. The molecule has 1 aromatic rings. The van der Waals surface area contributed by atoms with Gasteiger partial charge in [-0.15, -0.1) is 12.4 Å². The molecular weight excluding hydrogens is 293 g/mol. The fourth-order valence-corrected chi connectivity index (χ4v) is 3.07. The van der Waals surface area contributed by atoms with Crippen molar-refractivity contribution in [2.75, 3.05) is 32.8 Å². The summed E-state index contributed by atoms with van der Waals surface area (Å²) in [5.41, 5.74) is 1.76. The van der Waals surface area contributed by atoms with Crippen LogP contribution in [0.2, 0.25) is 0 Å². The summed E-state index contributed by atoms with van der Waals surface area (Å²) >= 11 is 0. The average molecular weight is 312 g/mol. The quantitative estimate of drug-likeness (QED) is 0.859. The summed E-state index contributed by atoms with van der Waals surface area (Å²) in [6, 6.07) is 5.49. The second-order valence-electron chi connectivity index (χ2n) is 5.42. The maximum Gasteiger partial charge on any atom is 0.141 e. The highest BCUT2D eigenvalue weighted by molar-refractivity contribution is 5.85. The molecule has 0 aromatic heterocycles. The van der Waals surface area contributed by atoms with Crippen molar-refractivity contribution in [3.8, 4) is 6.07 Å². The minimum absolute atomic E-state index is 0. The molecule has 0 saturated carbocycles. The maximum absolute atomic E-state index is 13.6. The number of hydrogen-bond donors (Lipinski definition) is 1. The zero-order valence-electron chi connectivity index (χ0n) is 11.9. The van der Waals surface area contributed by atoms with Gasteiger partial charge < -0.3 is 10.1 Å². The Morgan fingerprint density at radius 1 is 1.48 bits per heavy atom. The molecule has 2 aliphatic rings. The third kappa shape index (κ3) is 3.04. The van der Waals surface area contributed by atoms with E-state index in [-0.39, 0.29) is 24.1 Å². The zero-order chi connectivity index (χ0) is 14.1. The smallest absolute Gasteiger partial charge is 0.141 e. The molecule has 2 heterocycles. The Morgan fingerprint density at radius 3 is 3.05 bits per heavy atom. The van der Waals surface area contributed by atoms with Crippen LogP contribution in [0.5, 0.6) is 0 Å². The Labute approximate surface area is 130 Å². The predicted octanol–water partition coefficient (Wildman–Crippen LogP) is 1.77. The van der Waals surface area contributed by atoms with Crippen LogP contribution in [0, 0.1) is 24.1 Å². The zero-order valence-corrected chi connectivity index (χ0v) is 12.8. The highest BCUT2D eigenvalue weighted by Crippen LogP contribution is 2.29. The van der Waals surface area contributed by atoms with E-state index >= 15 is 0 Å². The molecule has 2 atom stereocenters. The van der Waals surface area contributed by atoms with Crippen molar-refractivity contribution in [3.63, 3.8) is 0 Å². The number of halogens is 2. The molecule has 3 rings (SSSR count). The lowest BCUT2D eigenvalue weighted by Gasteiger charge is -2.43. The fraction of sp³-hybridized carbons (Fsp3) is 0.533. The summed E-state index contributed by atoms with van der Waals surface area (Å²) in [6.45, 7) is 6.24. The molecule has 0 radical (unpaired) electrons. The number of ether oxygens (including phenoxy) is 1. The number of nitriles is 1. The minimum Gasteiger partial charge on any atom is -0.370 e. The third-order valence-corrected chi connectivity index (χ3v) is 4.28. The lowest BCUT2D eigenvalue weighted by Crippen LogP contribution is -2.57. The number of nitrogens with zero attached hydrogens (tertiary/aromatic N) is 2. The summed E-state index contributed by atoms with van der Waals surface area (Å²) in [7, 11) is 0. The number of fused-ring (bicyclic) bond motifs is 1. The summed E-state index contributed by atoms with van der Waals surface area (Å²) in [6.07, 6.45) is -0.0722. The van der Waals surface area contributed by atoms with E-state index in [1.807, 2.05) is 6.07 Å². The lowest BCUT2D eigenvalue weighted by molar-refractivity contribution is -0.0720. The van der Waals surface area contributed by atoms with E-state index < -0.39 is 5.82 Å². The fourth-order valence-electron chi connectivity index (χ4n) is 3.07. The summed E-state index contributed by atoms with van der Waals surface area (Å²) in [5, 5.41) is 12.4. The van der Waals surface area contributed by atoms with Gasteiger partial charge in [0.15, 0.2) is 0 Å². The van der Waals surface area contributed by atoms with Crippen molar-refractivity contribution in [2.24, 2.45) is 0 Å². The molecule has 21 heavy (non-hydrogen) atoms. The van der Waals surface area contributed by atoms with Gasteiger partial charge in [-0.25, -0.2) is 4.39 Å². The first-order chi connectivity index (χ1) is 9.70. The van der Waals surface area contributed by atoms with Crippen LogP contribution in [-0.4, -0.2) is 43.7 Å². The molecule has 0 aliphatic carbocycles. The van der Waals surface area contributed by atoms with Gasteiger partial charge in [0.05, 0.1) is 18.3 Å². The Morgan fingerprint density at radius 2 is 2.29 bits per heavy atom. The topological polar surface area (TPSA) is 48.3 Å². The first kappa shape index (κ1) is 16.2. The molecule has 0 unspecified atom stereocenters. The van der Waals surface area contributed by atoms with Crippen LogP contribution in [0.3, 0.4) is 0 Å². The van der Waals surface area contributed by atoms with Crippen LogP contribution in [0.15, 0.2) is 12.1 Å². The monoisotopic (exact) mass is 311 g/mol. The van der Waals surface area contributed by atoms with E-state index in [2.05, 4.69) is 10.2 Å². The molecule has 0 bridgehead atoms. The third-order valence-electron chi connectivity index (χ3n) is 4.28. The van der Waals surface area contributed by atoms with E-state index in [0.717, 1.165) is 31.7 Å². The Kier molecular flexibility index (Phi) is 5.17. The summed E-state index contributed by atoms with van der Waals surface area (Å²) < 4.78 is 19.5. The Balaban J connectivity index is 0.00000161. The van der Waals surface area contributed by atoms with E-state index in [1.54, 1.807) is 13.0 Å². The molecule has 114 valence electrons. The van der Waals surface area contributed by atoms with Crippen LogP contribution in [0.4, 0.5) is 4.39 Å². The highest BCUT2D eigenvalue weighted by atomic mass is 35.5. The van der Waals surface area contributed by atoms with E-state index in [0.29, 0.717) is 18.2 Å². The van der Waals surface area contributed by atoms with Crippen molar-refractivity contribution in [2.45, 2.75) is 19.1 Å². The molecule has 2 fully saturated rings. The molecule has 2 saturated heterocycles. The van der Waals surface area contributed by atoms with Gasteiger partial charge in [-0.2, -0.15) is 5.26 Å². The minimum atomic E-state index is -0.454. The van der Waals surface area contributed by atoms with Crippen LogP contribution >= 0.6 is 12.4 Å². The van der Waals surface area contributed by atoms with Crippen LogP contribution in [0.1, 0.15) is 22.8 Å². The van der Waals surface area contributed by atoms with Crippen molar-refractivity contribution in [1.82, 2.24) is 10.2 Å². The highest BCUT2D eigenvalue weighted by Gasteiger charge is 2.32. The van der Waals surface area contributed by atoms with E-state index in [9.17, 15) is 4.39 Å². The predicted molar refractivity (Wildman–Crippen MR) is 80.0 cm³/mol. The van der Waals surface area contributed by atoms with Gasteiger partial charge in [-0.3, -0.25) is 4.90 Å². The van der Waals surface area contributed by atoms with E-state index in [4.69, 9.17) is 10.00 Å². The second kappa shape index (κ2) is 6.71. The average Bonchev–Trinajstić information content (AvgIpc) is 2.47. The first-order valence-corrected chi connectivity index (χ1v) is 6.96. The second-order valence-corrected chi connectivity index (χ2v) is 5.42. The SMILES string of the molecule is Cc1c([C@H]2CN3CCNC[C@@H]3CO2)ccc(F)c1C#N.Cl. The molecule has 1 N–H and O–H groups in total. The number of morpholine rings is 1. The number of piperazine rings is 1. The molecule has 0 spiro atoms. The van der Waals surface area contributed by atoms with Crippen LogP contribution in [0.25, 0.3) is 0 Å². The molecule has 2 aliphatic heterocycles. The standard InChI is InChI=1S/C15H18FN3O.ClH/c1-10-12(2-3-14(16)13(10)6-17)15-8-19-5-4-18-7-11(19)9-20-15;/h2-3,11,15,18H,4-5,7-9H2,1H3;1H/t11-,15-;/m1./s1. The van der Waals surface area contributed by atoms with Gasteiger partial charge in [-0.05, 0) is 24.1 Å². The van der Waals surface area contributed by atoms with Gasteiger partial charge in [0, 0.05) is 32.2 Å². The maximum atomic E-state index is 13.6. The van der Waals surface area contributed by atoms with Crippen molar-refractivity contribution >= 4 is 12.4 Å². The number of rotatable bonds is 1. The first-order valence-electron chi connectivity index (χ1n) is 6.96. The van der Waals surface area contributed by atoms with Gasteiger partial charge >= 0.3 is 0 Å². The summed E-state index contributed by atoms with van der Waals surface area (Å²) in [4.78, 5) is 2.42. The largest absolute Gasteiger partial charge is 0.370 e. The Hall–Kier alpha value is -1.19. The van der Waals surface area contributed by atoms with Crippen molar-refractivity contribution in [3.05, 3.63) is 34.6 Å². The molecule has 0 amide bonds. The normalized spacial score (nSPS) is 25.6.